The maximum absolute atomic E-state index is 6.02. The maximum atomic E-state index is 6.02. The molecule has 0 fully saturated rings. The molecule has 0 radical (unpaired) electrons. The van der Waals surface area contributed by atoms with Crippen LogP contribution in [0, 0.1) is 5.92 Å². The zero-order chi connectivity index (χ0) is 16.1. The van der Waals surface area contributed by atoms with Crippen LogP contribution < -0.4 is 10.1 Å². The average Bonchev–Trinajstić information content (AvgIpc) is 2.79. The fraction of sp³-hybridized carbons (Fsp3) is 0.474. The molecule has 1 aliphatic rings. The molecular formula is C19H25N3O. The summed E-state index contributed by atoms with van der Waals surface area (Å²) in [4.78, 5) is 9.56. The van der Waals surface area contributed by atoms with Crippen LogP contribution in [0.2, 0.25) is 0 Å². The van der Waals surface area contributed by atoms with Gasteiger partial charge in [-0.3, -0.25) is 0 Å². The van der Waals surface area contributed by atoms with Crippen LogP contribution in [0.3, 0.4) is 0 Å². The highest BCUT2D eigenvalue weighted by molar-refractivity contribution is 5.34. The second kappa shape index (κ2) is 7.55. The van der Waals surface area contributed by atoms with Crippen molar-refractivity contribution in [3.63, 3.8) is 0 Å². The van der Waals surface area contributed by atoms with Crippen molar-refractivity contribution >= 4 is 0 Å². The Bertz CT molecular complexity index is 641. The van der Waals surface area contributed by atoms with Crippen LogP contribution in [0.25, 0.3) is 0 Å². The van der Waals surface area contributed by atoms with Crippen LogP contribution in [0.4, 0.5) is 0 Å². The molecule has 3 rings (SSSR count). The Morgan fingerprint density at radius 2 is 1.87 bits per heavy atom. The van der Waals surface area contributed by atoms with Crippen LogP contribution in [-0.2, 0) is 19.3 Å². The smallest absolute Gasteiger partial charge is 0.220 e. The van der Waals surface area contributed by atoms with Crippen LogP contribution in [0.15, 0.2) is 30.3 Å². The Hall–Kier alpha value is -1.94. The van der Waals surface area contributed by atoms with Gasteiger partial charge in [-0.1, -0.05) is 44.2 Å². The molecule has 0 unspecified atom stereocenters. The van der Waals surface area contributed by atoms with Gasteiger partial charge in [0, 0.05) is 24.9 Å². The van der Waals surface area contributed by atoms with Gasteiger partial charge < -0.3 is 10.1 Å². The van der Waals surface area contributed by atoms with E-state index in [9.17, 15) is 0 Å². The van der Waals surface area contributed by atoms with Gasteiger partial charge in [0.25, 0.3) is 0 Å². The van der Waals surface area contributed by atoms with Crippen molar-refractivity contribution in [3.8, 4) is 5.88 Å². The van der Waals surface area contributed by atoms with Gasteiger partial charge in [0.15, 0.2) is 0 Å². The molecule has 122 valence electrons. The first-order valence-corrected chi connectivity index (χ1v) is 8.48. The fourth-order valence-corrected chi connectivity index (χ4v) is 2.78. The zero-order valence-corrected chi connectivity index (χ0v) is 14.0. The summed E-state index contributed by atoms with van der Waals surface area (Å²) in [5, 5.41) is 3.43. The number of hydrogen-bond donors (Lipinski definition) is 1. The number of rotatable bonds is 5. The van der Waals surface area contributed by atoms with Crippen LogP contribution >= 0.6 is 0 Å². The third-order valence-corrected chi connectivity index (χ3v) is 3.95. The summed E-state index contributed by atoms with van der Waals surface area (Å²) in [6.07, 6.45) is 2.63. The molecule has 0 aliphatic carbocycles. The van der Waals surface area contributed by atoms with Crippen molar-refractivity contribution < 1.29 is 4.74 Å². The number of fused-ring (bicyclic) bond motifs is 1. The number of nitrogens with one attached hydrogen (secondary N) is 1. The lowest BCUT2D eigenvalue weighted by Crippen LogP contribution is -2.16. The first kappa shape index (κ1) is 15.9. The first-order valence-electron chi connectivity index (χ1n) is 8.48. The normalized spacial score (nSPS) is 14.4. The highest BCUT2D eigenvalue weighted by atomic mass is 16.5. The molecule has 0 saturated carbocycles. The predicted molar refractivity (Wildman–Crippen MR) is 91.9 cm³/mol. The Kier molecular flexibility index (Phi) is 5.23. The van der Waals surface area contributed by atoms with Gasteiger partial charge in [0.05, 0.1) is 12.3 Å². The lowest BCUT2D eigenvalue weighted by atomic mass is 10.1. The Balaban J connectivity index is 1.90. The highest BCUT2D eigenvalue weighted by Crippen LogP contribution is 2.23. The molecular weight excluding hydrogens is 286 g/mol. The molecule has 0 amide bonds. The quantitative estimate of drug-likeness (QED) is 0.922. The molecule has 0 atom stereocenters. The van der Waals surface area contributed by atoms with E-state index >= 15 is 0 Å². The molecule has 1 aromatic carbocycles. The Morgan fingerprint density at radius 3 is 2.65 bits per heavy atom. The monoisotopic (exact) mass is 311 g/mol. The highest BCUT2D eigenvalue weighted by Gasteiger charge is 2.18. The van der Waals surface area contributed by atoms with Crippen molar-refractivity contribution in [3.05, 3.63) is 53.0 Å². The molecule has 4 nitrogen and oxygen atoms in total. The summed E-state index contributed by atoms with van der Waals surface area (Å²) in [6, 6.07) is 10.4. The van der Waals surface area contributed by atoms with Gasteiger partial charge in [-0.05, 0) is 24.4 Å². The molecule has 2 aromatic rings. The van der Waals surface area contributed by atoms with Crippen LogP contribution in [0.1, 0.15) is 36.5 Å². The van der Waals surface area contributed by atoms with E-state index in [1.807, 2.05) is 6.07 Å². The van der Waals surface area contributed by atoms with E-state index < -0.39 is 0 Å². The fourth-order valence-electron chi connectivity index (χ4n) is 2.78. The van der Waals surface area contributed by atoms with Gasteiger partial charge in [0.1, 0.15) is 5.82 Å². The Labute approximate surface area is 138 Å². The number of hydrogen-bond acceptors (Lipinski definition) is 4. The minimum atomic E-state index is 0.488. The molecule has 4 heteroatoms. The third-order valence-electron chi connectivity index (χ3n) is 3.95. The molecule has 0 saturated heterocycles. The van der Waals surface area contributed by atoms with Gasteiger partial charge in [-0.2, -0.15) is 4.98 Å². The molecule has 1 aromatic heterocycles. The maximum Gasteiger partial charge on any atom is 0.220 e. The number of benzene rings is 1. The molecule has 2 heterocycles. The zero-order valence-electron chi connectivity index (χ0n) is 14.0. The molecule has 1 aliphatic heterocycles. The second-order valence-electron chi connectivity index (χ2n) is 6.49. The number of ether oxygens (including phenoxy) is 1. The van der Waals surface area contributed by atoms with E-state index in [-0.39, 0.29) is 0 Å². The van der Waals surface area contributed by atoms with Gasteiger partial charge in [-0.25, -0.2) is 4.98 Å². The van der Waals surface area contributed by atoms with E-state index in [0.29, 0.717) is 12.5 Å². The first-order chi connectivity index (χ1) is 11.2. The van der Waals surface area contributed by atoms with Crippen molar-refractivity contribution in [2.75, 3.05) is 19.7 Å². The van der Waals surface area contributed by atoms with Crippen molar-refractivity contribution in [2.45, 2.75) is 33.1 Å². The Morgan fingerprint density at radius 1 is 1.09 bits per heavy atom. The van der Waals surface area contributed by atoms with Crippen molar-refractivity contribution in [1.82, 2.24) is 15.3 Å². The summed E-state index contributed by atoms with van der Waals surface area (Å²) in [6.45, 7) is 6.95. The minimum absolute atomic E-state index is 0.488. The lowest BCUT2D eigenvalue weighted by Gasteiger charge is -2.15. The minimum Gasteiger partial charge on any atom is -0.477 e. The summed E-state index contributed by atoms with van der Waals surface area (Å²) < 4.78 is 6.02. The van der Waals surface area contributed by atoms with Crippen LogP contribution in [0.5, 0.6) is 5.88 Å². The third kappa shape index (κ3) is 4.29. The SMILES string of the molecule is CC(C)COc1nc(Cc2ccccc2)nc2c1CCNCC2. The van der Waals surface area contributed by atoms with Gasteiger partial charge in [-0.15, -0.1) is 0 Å². The summed E-state index contributed by atoms with van der Waals surface area (Å²) in [5.74, 6) is 2.14. The lowest BCUT2D eigenvalue weighted by molar-refractivity contribution is 0.257. The number of aromatic nitrogens is 2. The standard InChI is InChI=1S/C19H25N3O/c1-14(2)13-23-19-16-8-10-20-11-9-17(16)21-18(22-19)12-15-6-4-3-5-7-15/h3-7,14,20H,8-13H2,1-2H3. The van der Waals surface area contributed by atoms with E-state index in [0.717, 1.165) is 49.8 Å². The molecule has 1 N–H and O–H groups in total. The molecule has 23 heavy (non-hydrogen) atoms. The number of nitrogens with zero attached hydrogens (tertiary/aromatic N) is 2. The predicted octanol–water partition coefficient (Wildman–Crippen LogP) is 2.79. The molecule has 0 bridgehead atoms. The van der Waals surface area contributed by atoms with Crippen molar-refractivity contribution in [2.24, 2.45) is 5.92 Å². The van der Waals surface area contributed by atoms with Crippen molar-refractivity contribution in [1.29, 1.82) is 0 Å². The van der Waals surface area contributed by atoms with E-state index in [2.05, 4.69) is 43.4 Å². The molecule has 0 spiro atoms. The second-order valence-corrected chi connectivity index (χ2v) is 6.49. The average molecular weight is 311 g/mol. The van der Waals surface area contributed by atoms with Gasteiger partial charge >= 0.3 is 0 Å². The van der Waals surface area contributed by atoms with Crippen LogP contribution in [-0.4, -0.2) is 29.7 Å². The van der Waals surface area contributed by atoms with Gasteiger partial charge in [0.2, 0.25) is 5.88 Å². The van der Waals surface area contributed by atoms with E-state index in [1.54, 1.807) is 0 Å². The largest absolute Gasteiger partial charge is 0.477 e. The van der Waals surface area contributed by atoms with E-state index in [1.165, 1.54) is 11.1 Å². The summed E-state index contributed by atoms with van der Waals surface area (Å²) >= 11 is 0. The summed E-state index contributed by atoms with van der Waals surface area (Å²) in [5.41, 5.74) is 3.57. The summed E-state index contributed by atoms with van der Waals surface area (Å²) in [7, 11) is 0. The van der Waals surface area contributed by atoms with E-state index in [4.69, 9.17) is 14.7 Å². The topological polar surface area (TPSA) is 47.0 Å².